The molecule has 0 bridgehead atoms. The van der Waals surface area contributed by atoms with Crippen LogP contribution in [0.25, 0.3) is 0 Å². The van der Waals surface area contributed by atoms with E-state index in [1.165, 1.54) is 13.0 Å². The lowest BCUT2D eigenvalue weighted by Crippen LogP contribution is -2.31. The van der Waals surface area contributed by atoms with Gasteiger partial charge >= 0.3 is 10.1 Å². The van der Waals surface area contributed by atoms with E-state index >= 15 is 0 Å². The van der Waals surface area contributed by atoms with Crippen molar-refractivity contribution in [1.29, 1.82) is 0 Å². The molecule has 0 amide bonds. The van der Waals surface area contributed by atoms with E-state index < -0.39 is 21.8 Å². The number of aliphatic hydroxyl groups is 1. The van der Waals surface area contributed by atoms with Gasteiger partial charge in [0.2, 0.25) is 6.29 Å². The highest BCUT2D eigenvalue weighted by Gasteiger charge is 2.40. The van der Waals surface area contributed by atoms with Crippen LogP contribution in [0, 0.1) is 0 Å². The first kappa shape index (κ1) is 13.2. The number of hydrogen-bond acceptors (Lipinski definition) is 5. The predicted octanol–water partition coefficient (Wildman–Crippen LogP) is 1.40. The Hall–Kier alpha value is -1.27. The standard InChI is InChI=1S/C12H16O5S/c1-4-18(14,15)17-8-5-6-10-9(7-8)12(2,3)11(13)16-10/h5-7,11,13H,4H2,1-3H3/t11-/m1/s1. The summed E-state index contributed by atoms with van der Waals surface area (Å²) in [5.74, 6) is 0.696. The molecule has 1 N–H and O–H groups in total. The van der Waals surface area contributed by atoms with Gasteiger partial charge in [0.05, 0.1) is 11.2 Å². The molecule has 0 unspecified atom stereocenters. The lowest BCUT2D eigenvalue weighted by atomic mass is 9.85. The lowest BCUT2D eigenvalue weighted by molar-refractivity contribution is -0.0450. The van der Waals surface area contributed by atoms with Crippen LogP contribution < -0.4 is 8.92 Å². The summed E-state index contributed by atoms with van der Waals surface area (Å²) in [6, 6.07) is 4.72. The van der Waals surface area contributed by atoms with Crippen LogP contribution in [0.1, 0.15) is 26.3 Å². The van der Waals surface area contributed by atoms with Gasteiger partial charge in [-0.15, -0.1) is 0 Å². The predicted molar refractivity (Wildman–Crippen MR) is 66.2 cm³/mol. The molecule has 0 radical (unpaired) electrons. The zero-order valence-corrected chi connectivity index (χ0v) is 11.3. The first-order chi connectivity index (χ1) is 8.26. The van der Waals surface area contributed by atoms with E-state index in [4.69, 9.17) is 8.92 Å². The highest BCUT2D eigenvalue weighted by Crippen LogP contribution is 2.43. The Morgan fingerprint density at radius 2 is 2.11 bits per heavy atom. The van der Waals surface area contributed by atoms with Crippen molar-refractivity contribution in [3.05, 3.63) is 23.8 Å². The van der Waals surface area contributed by atoms with Crippen molar-refractivity contribution in [1.82, 2.24) is 0 Å². The fraction of sp³-hybridized carbons (Fsp3) is 0.500. The normalized spacial score (nSPS) is 21.2. The van der Waals surface area contributed by atoms with Crippen molar-refractivity contribution in [2.75, 3.05) is 5.75 Å². The highest BCUT2D eigenvalue weighted by molar-refractivity contribution is 7.87. The zero-order valence-electron chi connectivity index (χ0n) is 10.5. The van der Waals surface area contributed by atoms with Crippen molar-refractivity contribution in [2.45, 2.75) is 32.5 Å². The summed E-state index contributed by atoms with van der Waals surface area (Å²) in [6.45, 7) is 5.16. The monoisotopic (exact) mass is 272 g/mol. The molecule has 100 valence electrons. The average Bonchev–Trinajstić information content (AvgIpc) is 2.51. The molecule has 2 rings (SSSR count). The van der Waals surface area contributed by atoms with Gasteiger partial charge in [0, 0.05) is 5.56 Å². The molecule has 0 fully saturated rings. The molecule has 1 heterocycles. The minimum atomic E-state index is -3.54. The Morgan fingerprint density at radius 1 is 1.44 bits per heavy atom. The Morgan fingerprint density at radius 3 is 2.72 bits per heavy atom. The molecule has 0 saturated carbocycles. The van der Waals surface area contributed by atoms with Crippen LogP contribution in [0.4, 0.5) is 0 Å². The third-order valence-corrected chi connectivity index (χ3v) is 4.23. The zero-order chi connectivity index (χ0) is 13.6. The number of fused-ring (bicyclic) bond motifs is 1. The van der Waals surface area contributed by atoms with Crippen LogP contribution in [-0.4, -0.2) is 25.6 Å². The summed E-state index contributed by atoms with van der Waals surface area (Å²) in [7, 11) is -3.54. The fourth-order valence-electron chi connectivity index (χ4n) is 1.77. The third-order valence-electron chi connectivity index (χ3n) is 3.08. The van der Waals surface area contributed by atoms with E-state index in [1.807, 2.05) is 13.8 Å². The van der Waals surface area contributed by atoms with Crippen molar-refractivity contribution in [2.24, 2.45) is 0 Å². The molecule has 1 atom stereocenters. The van der Waals surface area contributed by atoms with Gasteiger partial charge in [-0.05, 0) is 39.0 Å². The Kier molecular flexibility index (Phi) is 3.03. The van der Waals surface area contributed by atoms with Crippen LogP contribution >= 0.6 is 0 Å². The van der Waals surface area contributed by atoms with E-state index in [2.05, 4.69) is 0 Å². The highest BCUT2D eigenvalue weighted by atomic mass is 32.2. The molecule has 1 aromatic carbocycles. The Bertz CT molecular complexity index is 562. The van der Waals surface area contributed by atoms with Gasteiger partial charge in [0.1, 0.15) is 11.5 Å². The summed E-state index contributed by atoms with van der Waals surface area (Å²) in [5, 5.41) is 9.77. The SMILES string of the molecule is CCS(=O)(=O)Oc1ccc2c(c1)C(C)(C)[C@H](O)O2. The van der Waals surface area contributed by atoms with Gasteiger partial charge in [-0.1, -0.05) is 0 Å². The van der Waals surface area contributed by atoms with Gasteiger partial charge in [0.25, 0.3) is 0 Å². The van der Waals surface area contributed by atoms with Crippen molar-refractivity contribution < 1.29 is 22.4 Å². The Labute approximate surface area is 106 Å². The van der Waals surface area contributed by atoms with Gasteiger partial charge in [-0.2, -0.15) is 8.42 Å². The topological polar surface area (TPSA) is 72.8 Å². The second-order valence-corrected chi connectivity index (χ2v) is 6.64. The molecule has 1 aromatic rings. The maximum atomic E-state index is 11.4. The second-order valence-electron chi connectivity index (χ2n) is 4.78. The lowest BCUT2D eigenvalue weighted by Gasteiger charge is -2.20. The Balaban J connectivity index is 2.38. The summed E-state index contributed by atoms with van der Waals surface area (Å²) < 4.78 is 33.0. The summed E-state index contributed by atoms with van der Waals surface area (Å²) in [4.78, 5) is 0. The maximum Gasteiger partial charge on any atom is 0.308 e. The quantitative estimate of drug-likeness (QED) is 0.842. The van der Waals surface area contributed by atoms with Crippen molar-refractivity contribution >= 4 is 10.1 Å². The second kappa shape index (κ2) is 4.13. The minimum Gasteiger partial charge on any atom is -0.464 e. The van der Waals surface area contributed by atoms with Crippen LogP contribution in [0.2, 0.25) is 0 Å². The minimum absolute atomic E-state index is 0.0907. The molecule has 1 aliphatic heterocycles. The third kappa shape index (κ3) is 2.18. The first-order valence-electron chi connectivity index (χ1n) is 5.67. The van der Waals surface area contributed by atoms with Crippen LogP contribution in [0.15, 0.2) is 18.2 Å². The van der Waals surface area contributed by atoms with Gasteiger partial charge in [-0.25, -0.2) is 0 Å². The summed E-state index contributed by atoms with van der Waals surface area (Å²) >= 11 is 0. The van der Waals surface area contributed by atoms with Gasteiger partial charge in [-0.3, -0.25) is 0 Å². The van der Waals surface area contributed by atoms with Crippen LogP contribution in [0.3, 0.4) is 0 Å². The molecule has 0 spiro atoms. The molecular formula is C12H16O5S. The maximum absolute atomic E-state index is 11.4. The van der Waals surface area contributed by atoms with E-state index in [9.17, 15) is 13.5 Å². The largest absolute Gasteiger partial charge is 0.464 e. The summed E-state index contributed by atoms with van der Waals surface area (Å²) in [5.41, 5.74) is 0.142. The fourth-order valence-corrected chi connectivity index (χ4v) is 2.29. The smallest absolute Gasteiger partial charge is 0.308 e. The van der Waals surface area contributed by atoms with Crippen LogP contribution in [0.5, 0.6) is 11.5 Å². The van der Waals surface area contributed by atoms with Gasteiger partial charge < -0.3 is 14.0 Å². The van der Waals surface area contributed by atoms with E-state index in [1.54, 1.807) is 12.1 Å². The molecule has 0 aromatic heterocycles. The van der Waals surface area contributed by atoms with E-state index in [0.717, 1.165) is 5.56 Å². The molecule has 18 heavy (non-hydrogen) atoms. The molecule has 6 heteroatoms. The molecule has 5 nitrogen and oxygen atoms in total. The van der Waals surface area contributed by atoms with Gasteiger partial charge in [0.15, 0.2) is 0 Å². The van der Waals surface area contributed by atoms with Crippen molar-refractivity contribution in [3.63, 3.8) is 0 Å². The number of aliphatic hydroxyl groups excluding tert-OH is 1. The number of hydrogen-bond donors (Lipinski definition) is 1. The number of benzene rings is 1. The first-order valence-corrected chi connectivity index (χ1v) is 7.25. The number of ether oxygens (including phenoxy) is 1. The van der Waals surface area contributed by atoms with Crippen molar-refractivity contribution in [3.8, 4) is 11.5 Å². The molecular weight excluding hydrogens is 256 g/mol. The number of rotatable bonds is 3. The molecule has 0 saturated heterocycles. The van der Waals surface area contributed by atoms with E-state index in [0.29, 0.717) is 5.75 Å². The van der Waals surface area contributed by atoms with E-state index in [-0.39, 0.29) is 11.5 Å². The average molecular weight is 272 g/mol. The molecule has 0 aliphatic carbocycles. The van der Waals surface area contributed by atoms with Crippen LogP contribution in [-0.2, 0) is 15.5 Å². The summed E-state index contributed by atoms with van der Waals surface area (Å²) in [6.07, 6.45) is -0.939. The molecule has 1 aliphatic rings.